The molecule has 0 bridgehead atoms. The van der Waals surface area contributed by atoms with Crippen LogP contribution in [0, 0.1) is 17.7 Å². The van der Waals surface area contributed by atoms with Gasteiger partial charge in [0.1, 0.15) is 5.82 Å². The number of H-pyrrole nitrogens is 1. The Bertz CT molecular complexity index is 1820. The molecule has 0 radical (unpaired) electrons. The van der Waals surface area contributed by atoms with Crippen LogP contribution in [0.1, 0.15) is 33.4 Å². The molecule has 41 heavy (non-hydrogen) atoms. The van der Waals surface area contributed by atoms with Crippen molar-refractivity contribution in [2.45, 2.75) is 18.3 Å². The summed E-state index contributed by atoms with van der Waals surface area (Å²) in [5, 5.41) is 5.95. The number of aromatic nitrogens is 2. The van der Waals surface area contributed by atoms with Gasteiger partial charge in [-0.3, -0.25) is 5.10 Å². The maximum atomic E-state index is 15.3. The molecule has 0 fully saturated rings. The van der Waals surface area contributed by atoms with E-state index in [0.717, 1.165) is 30.3 Å². The van der Waals surface area contributed by atoms with Gasteiger partial charge in [-0.05, 0) is 36.4 Å². The van der Waals surface area contributed by atoms with E-state index in [9.17, 15) is 30.7 Å². The van der Waals surface area contributed by atoms with Crippen molar-refractivity contribution in [1.29, 1.82) is 0 Å². The topological polar surface area (TPSA) is 28.7 Å². The summed E-state index contributed by atoms with van der Waals surface area (Å²) in [5.41, 5.74) is -5.89. The maximum absolute atomic E-state index is 15.3. The van der Waals surface area contributed by atoms with Crippen molar-refractivity contribution in [2.24, 2.45) is 0 Å². The number of alkyl halides is 8. The second kappa shape index (κ2) is 10.0. The normalized spacial score (nSPS) is 12.3. The van der Waals surface area contributed by atoms with Crippen LogP contribution in [0.15, 0.2) is 84.9 Å². The number of nitrogens with zero attached hydrogens (tertiary/aromatic N) is 1. The average molecular weight is 574 g/mol. The number of nitrogens with one attached hydrogen (secondary N) is 1. The minimum Gasteiger partial charge on any atom is -0.277 e. The van der Waals surface area contributed by atoms with Gasteiger partial charge in [0.25, 0.3) is 0 Å². The van der Waals surface area contributed by atoms with E-state index in [4.69, 9.17) is 0 Å². The lowest BCUT2D eigenvalue weighted by Gasteiger charge is -2.22. The summed E-state index contributed by atoms with van der Waals surface area (Å²) in [6, 6.07) is 15.8. The van der Waals surface area contributed by atoms with Gasteiger partial charge in [-0.15, -0.1) is 0 Å². The Morgan fingerprint density at radius 3 is 2.00 bits per heavy atom. The molecule has 2 nitrogen and oxygen atoms in total. The molecular formula is C30H15F9N2. The number of hydrogen-bond acceptors (Lipinski definition) is 1. The fourth-order valence-electron chi connectivity index (χ4n) is 4.45. The first-order valence-electron chi connectivity index (χ1n) is 11.8. The first-order chi connectivity index (χ1) is 19.3. The lowest BCUT2D eigenvalue weighted by atomic mass is 9.92. The number of rotatable bonds is 3. The summed E-state index contributed by atoms with van der Waals surface area (Å²) in [6.07, 6.45) is -9.90. The molecule has 0 aliphatic rings. The highest BCUT2D eigenvalue weighted by Gasteiger charge is 2.47. The van der Waals surface area contributed by atoms with Crippen molar-refractivity contribution in [3.63, 3.8) is 0 Å². The minimum atomic E-state index is -5.27. The van der Waals surface area contributed by atoms with E-state index in [2.05, 4.69) is 22.0 Å². The zero-order valence-corrected chi connectivity index (χ0v) is 20.4. The Morgan fingerprint density at radius 2 is 1.32 bits per heavy atom. The molecule has 0 unspecified atom stereocenters. The number of fused-ring (bicyclic) bond motifs is 1. The summed E-state index contributed by atoms with van der Waals surface area (Å²) < 4.78 is 127. The number of halogens is 9. The molecule has 1 N–H and O–H groups in total. The highest BCUT2D eigenvalue weighted by Crippen LogP contribution is 2.47. The molecule has 0 aliphatic carbocycles. The van der Waals surface area contributed by atoms with Gasteiger partial charge in [-0.1, -0.05) is 60.4 Å². The van der Waals surface area contributed by atoms with Crippen LogP contribution in [0.4, 0.5) is 39.5 Å². The molecule has 0 saturated carbocycles. The predicted octanol–water partition coefficient (Wildman–Crippen LogP) is 8.95. The standard InChI is InChI=1S/C30H15F9N2/c31-24-11-4-3-10-22(24)28(32,33)23-15-14-20-26(40-41-27(20)25(23)30(37,38)39)19-8-5-6-17(16-19)12-13-18-7-1-2-9-21(18)29(34,35)36/h1-11,14-16H,(H,40,41). The fourth-order valence-corrected chi connectivity index (χ4v) is 4.45. The zero-order chi connectivity index (χ0) is 29.6. The van der Waals surface area contributed by atoms with E-state index in [-0.39, 0.29) is 27.8 Å². The molecule has 0 saturated heterocycles. The molecule has 0 spiro atoms. The van der Waals surface area contributed by atoms with Gasteiger partial charge < -0.3 is 0 Å². The highest BCUT2D eigenvalue weighted by atomic mass is 19.4. The smallest absolute Gasteiger partial charge is 0.277 e. The summed E-state index contributed by atoms with van der Waals surface area (Å²) in [5.74, 6) is -0.637. The Morgan fingerprint density at radius 1 is 0.634 bits per heavy atom. The maximum Gasteiger partial charge on any atom is 0.418 e. The van der Waals surface area contributed by atoms with Crippen molar-refractivity contribution < 1.29 is 39.5 Å². The Hall–Kier alpha value is -4.72. The third-order valence-electron chi connectivity index (χ3n) is 6.28. The fraction of sp³-hybridized carbons (Fsp3) is 0.100. The van der Waals surface area contributed by atoms with Gasteiger partial charge in [0, 0.05) is 27.6 Å². The van der Waals surface area contributed by atoms with E-state index in [0.29, 0.717) is 12.1 Å². The highest BCUT2D eigenvalue weighted by molar-refractivity contribution is 5.96. The van der Waals surface area contributed by atoms with Crippen LogP contribution >= 0.6 is 0 Å². The Labute approximate surface area is 226 Å². The van der Waals surface area contributed by atoms with E-state index < -0.39 is 51.9 Å². The van der Waals surface area contributed by atoms with Gasteiger partial charge in [-0.25, -0.2) is 4.39 Å². The van der Waals surface area contributed by atoms with E-state index in [1.54, 1.807) is 0 Å². The van der Waals surface area contributed by atoms with Gasteiger partial charge in [-0.2, -0.15) is 40.2 Å². The van der Waals surface area contributed by atoms with Crippen LogP contribution in [0.25, 0.3) is 22.2 Å². The molecule has 0 atom stereocenters. The minimum absolute atomic E-state index is 0.0365. The van der Waals surface area contributed by atoms with Gasteiger partial charge >= 0.3 is 18.3 Å². The SMILES string of the molecule is Fc1ccccc1C(F)(F)c1ccc2c(-c3cccc(C#Cc4ccccc4C(F)(F)F)c3)n[nH]c2c1C(F)(F)F. The summed E-state index contributed by atoms with van der Waals surface area (Å²) in [4.78, 5) is 0. The number of benzene rings is 4. The van der Waals surface area contributed by atoms with E-state index in [1.165, 1.54) is 42.5 Å². The molecule has 5 aromatic rings. The third kappa shape index (κ3) is 5.25. The first-order valence-corrected chi connectivity index (χ1v) is 11.8. The average Bonchev–Trinajstić information content (AvgIpc) is 3.35. The van der Waals surface area contributed by atoms with Crippen LogP contribution in [0.3, 0.4) is 0 Å². The molecule has 4 aromatic carbocycles. The molecule has 11 heteroatoms. The van der Waals surface area contributed by atoms with Crippen LogP contribution in [0.5, 0.6) is 0 Å². The van der Waals surface area contributed by atoms with Crippen molar-refractivity contribution in [1.82, 2.24) is 10.2 Å². The van der Waals surface area contributed by atoms with E-state index in [1.807, 2.05) is 0 Å². The Balaban J connectivity index is 1.61. The summed E-state index contributed by atoms with van der Waals surface area (Å²) in [6.45, 7) is 0. The van der Waals surface area contributed by atoms with E-state index >= 15 is 8.78 Å². The van der Waals surface area contributed by atoms with Gasteiger partial charge in [0.15, 0.2) is 0 Å². The number of hydrogen-bond donors (Lipinski definition) is 1. The van der Waals surface area contributed by atoms with Crippen molar-refractivity contribution >= 4 is 10.9 Å². The van der Waals surface area contributed by atoms with Crippen LogP contribution in [-0.4, -0.2) is 10.2 Å². The molecule has 208 valence electrons. The molecule has 1 heterocycles. The predicted molar refractivity (Wildman–Crippen MR) is 133 cm³/mol. The molecule has 0 aliphatic heterocycles. The van der Waals surface area contributed by atoms with Crippen molar-refractivity contribution in [2.75, 3.05) is 0 Å². The Kier molecular flexibility index (Phi) is 6.81. The lowest BCUT2D eigenvalue weighted by molar-refractivity contribution is -0.140. The number of aromatic amines is 1. The molecule has 1 aromatic heterocycles. The molecular weight excluding hydrogens is 559 g/mol. The first kappa shape index (κ1) is 27.8. The van der Waals surface area contributed by atoms with Crippen molar-refractivity contribution in [3.8, 4) is 23.1 Å². The second-order valence-corrected chi connectivity index (χ2v) is 8.91. The third-order valence-corrected chi connectivity index (χ3v) is 6.28. The monoisotopic (exact) mass is 574 g/mol. The van der Waals surface area contributed by atoms with Gasteiger partial charge in [0.2, 0.25) is 0 Å². The lowest BCUT2D eigenvalue weighted by Crippen LogP contribution is -2.23. The quantitative estimate of drug-likeness (QED) is 0.169. The molecule has 0 amide bonds. The largest absolute Gasteiger partial charge is 0.418 e. The van der Waals surface area contributed by atoms with Crippen LogP contribution in [-0.2, 0) is 18.3 Å². The van der Waals surface area contributed by atoms with Crippen LogP contribution in [0.2, 0.25) is 0 Å². The zero-order valence-electron chi connectivity index (χ0n) is 20.4. The summed E-state index contributed by atoms with van der Waals surface area (Å²) >= 11 is 0. The van der Waals surface area contributed by atoms with Crippen LogP contribution < -0.4 is 0 Å². The van der Waals surface area contributed by atoms with Gasteiger partial charge in [0.05, 0.1) is 27.9 Å². The second-order valence-electron chi connectivity index (χ2n) is 8.91. The summed E-state index contributed by atoms with van der Waals surface area (Å²) in [7, 11) is 0. The van der Waals surface area contributed by atoms with Crippen molar-refractivity contribution in [3.05, 3.63) is 124 Å². The molecule has 5 rings (SSSR count).